The molecule has 110 valence electrons. The fourth-order valence-electron chi connectivity index (χ4n) is 2.36. The van der Waals surface area contributed by atoms with Crippen molar-refractivity contribution in [2.45, 2.75) is 32.1 Å². The normalized spacial score (nSPS) is 20.9. The summed E-state index contributed by atoms with van der Waals surface area (Å²) in [6, 6.07) is 5.06. The van der Waals surface area contributed by atoms with E-state index in [0.717, 1.165) is 12.5 Å². The van der Waals surface area contributed by atoms with E-state index in [1.54, 1.807) is 13.0 Å². The molecule has 0 spiro atoms. The molecule has 3 nitrogen and oxygen atoms in total. The molecule has 1 aromatic rings. The minimum Gasteiger partial charge on any atom is -0.337 e. The Morgan fingerprint density at radius 2 is 2.05 bits per heavy atom. The first-order chi connectivity index (χ1) is 9.39. The fraction of sp³-hybridized carbons (Fsp3) is 0.500. The summed E-state index contributed by atoms with van der Waals surface area (Å²) < 4.78 is 38.8. The van der Waals surface area contributed by atoms with Crippen LogP contribution in [0.4, 0.5) is 13.2 Å². The summed E-state index contributed by atoms with van der Waals surface area (Å²) in [5, 5.41) is 3.04. The van der Waals surface area contributed by atoms with Crippen molar-refractivity contribution in [2.75, 3.05) is 13.1 Å². The lowest BCUT2D eigenvalue weighted by Gasteiger charge is -2.24. The van der Waals surface area contributed by atoms with Crippen LogP contribution < -0.4 is 5.32 Å². The van der Waals surface area contributed by atoms with Crippen molar-refractivity contribution in [1.82, 2.24) is 10.2 Å². The van der Waals surface area contributed by atoms with Crippen molar-refractivity contribution in [3.63, 3.8) is 0 Å². The quantitative estimate of drug-likeness (QED) is 0.905. The summed E-state index contributed by atoms with van der Waals surface area (Å²) in [4.78, 5) is 13.6. The molecule has 0 radical (unpaired) electrons. The highest BCUT2D eigenvalue weighted by molar-refractivity contribution is 5.81. The van der Waals surface area contributed by atoms with E-state index >= 15 is 0 Å². The lowest BCUT2D eigenvalue weighted by Crippen LogP contribution is -2.41. The number of carbonyl (C=O) groups excluding carboxylic acids is 1. The average molecular weight is 286 g/mol. The van der Waals surface area contributed by atoms with Crippen LogP contribution in [0.5, 0.6) is 0 Å². The highest BCUT2D eigenvalue weighted by Crippen LogP contribution is 2.32. The molecule has 1 saturated heterocycles. The van der Waals surface area contributed by atoms with E-state index in [2.05, 4.69) is 5.32 Å². The third kappa shape index (κ3) is 3.30. The third-order valence-electron chi connectivity index (χ3n) is 3.42. The maximum Gasteiger partial charge on any atom is 0.416 e. The molecule has 0 bridgehead atoms. The van der Waals surface area contributed by atoms with Crippen molar-refractivity contribution in [1.29, 1.82) is 0 Å². The first-order valence-electron chi connectivity index (χ1n) is 6.57. The number of alkyl halides is 3. The van der Waals surface area contributed by atoms with Crippen molar-refractivity contribution < 1.29 is 18.0 Å². The van der Waals surface area contributed by atoms with E-state index in [1.165, 1.54) is 17.0 Å². The molecule has 0 aliphatic carbocycles. The molecule has 20 heavy (non-hydrogen) atoms. The second-order valence-corrected chi connectivity index (χ2v) is 4.94. The Morgan fingerprint density at radius 3 is 2.75 bits per heavy atom. The van der Waals surface area contributed by atoms with Crippen LogP contribution in [-0.4, -0.2) is 29.9 Å². The monoisotopic (exact) mass is 286 g/mol. The Morgan fingerprint density at radius 1 is 1.35 bits per heavy atom. The lowest BCUT2D eigenvalue weighted by atomic mass is 10.1. The number of benzene rings is 1. The van der Waals surface area contributed by atoms with E-state index in [1.807, 2.05) is 0 Å². The first kappa shape index (κ1) is 14.8. The molecule has 1 atom stereocenters. The van der Waals surface area contributed by atoms with Gasteiger partial charge >= 0.3 is 6.18 Å². The van der Waals surface area contributed by atoms with Gasteiger partial charge in [-0.3, -0.25) is 4.79 Å². The number of hydrogen-bond acceptors (Lipinski definition) is 2. The predicted molar refractivity (Wildman–Crippen MR) is 68.9 cm³/mol. The summed E-state index contributed by atoms with van der Waals surface area (Å²) in [5.41, 5.74) is -0.528. The van der Waals surface area contributed by atoms with Gasteiger partial charge in [-0.1, -0.05) is 18.2 Å². The number of amides is 1. The van der Waals surface area contributed by atoms with E-state index in [0.29, 0.717) is 13.1 Å². The second-order valence-electron chi connectivity index (χ2n) is 4.94. The second kappa shape index (κ2) is 5.83. The zero-order valence-corrected chi connectivity index (χ0v) is 11.2. The number of rotatable bonds is 2. The van der Waals surface area contributed by atoms with Gasteiger partial charge in [0.2, 0.25) is 5.91 Å². The smallest absolute Gasteiger partial charge is 0.337 e. The van der Waals surface area contributed by atoms with Gasteiger partial charge in [0.05, 0.1) is 11.6 Å². The van der Waals surface area contributed by atoms with Crippen molar-refractivity contribution in [3.05, 3.63) is 35.4 Å². The molecule has 1 aliphatic rings. The van der Waals surface area contributed by atoms with E-state index in [4.69, 9.17) is 0 Å². The molecule has 1 amide bonds. The lowest BCUT2D eigenvalue weighted by molar-refractivity contribution is -0.140. The molecule has 1 unspecified atom stereocenters. The topological polar surface area (TPSA) is 32.3 Å². The van der Waals surface area contributed by atoms with Gasteiger partial charge in [-0.25, -0.2) is 0 Å². The predicted octanol–water partition coefficient (Wildman–Crippen LogP) is 2.42. The SMILES string of the molecule is CC1NCCCN(Cc2ccccc2C(F)(F)F)C1=O. The van der Waals surface area contributed by atoms with Crippen molar-refractivity contribution >= 4 is 5.91 Å². The number of carbonyl (C=O) groups is 1. The Bertz CT molecular complexity index is 488. The van der Waals surface area contributed by atoms with Crippen LogP contribution in [0.15, 0.2) is 24.3 Å². The first-order valence-corrected chi connectivity index (χ1v) is 6.57. The van der Waals surface area contributed by atoms with Gasteiger partial charge in [-0.05, 0) is 31.5 Å². The molecular weight excluding hydrogens is 269 g/mol. The van der Waals surface area contributed by atoms with Crippen LogP contribution in [0.3, 0.4) is 0 Å². The molecule has 1 aromatic carbocycles. The van der Waals surface area contributed by atoms with Crippen LogP contribution in [-0.2, 0) is 17.5 Å². The molecular formula is C14H17F3N2O. The molecule has 1 fully saturated rings. The van der Waals surface area contributed by atoms with E-state index in [-0.39, 0.29) is 24.1 Å². The Kier molecular flexibility index (Phi) is 4.32. The van der Waals surface area contributed by atoms with Crippen LogP contribution in [0.2, 0.25) is 0 Å². The zero-order chi connectivity index (χ0) is 14.8. The number of nitrogens with zero attached hydrogens (tertiary/aromatic N) is 1. The molecule has 1 aliphatic heterocycles. The third-order valence-corrected chi connectivity index (χ3v) is 3.42. The number of hydrogen-bond donors (Lipinski definition) is 1. The molecule has 0 aromatic heterocycles. The van der Waals surface area contributed by atoms with Crippen LogP contribution in [0.1, 0.15) is 24.5 Å². The molecule has 1 N–H and O–H groups in total. The molecule has 0 saturated carbocycles. The minimum atomic E-state index is -4.39. The Labute approximate surface area is 115 Å². The van der Waals surface area contributed by atoms with E-state index in [9.17, 15) is 18.0 Å². The summed E-state index contributed by atoms with van der Waals surface area (Å²) in [6.07, 6.45) is -3.65. The summed E-state index contributed by atoms with van der Waals surface area (Å²) in [7, 11) is 0. The Balaban J connectivity index is 2.23. The maximum absolute atomic E-state index is 12.9. The largest absolute Gasteiger partial charge is 0.416 e. The van der Waals surface area contributed by atoms with E-state index < -0.39 is 11.7 Å². The van der Waals surface area contributed by atoms with Crippen LogP contribution in [0.25, 0.3) is 0 Å². The van der Waals surface area contributed by atoms with Gasteiger partial charge in [0.15, 0.2) is 0 Å². The van der Waals surface area contributed by atoms with Crippen LogP contribution >= 0.6 is 0 Å². The van der Waals surface area contributed by atoms with Gasteiger partial charge in [-0.15, -0.1) is 0 Å². The highest BCUT2D eigenvalue weighted by Gasteiger charge is 2.34. The van der Waals surface area contributed by atoms with Gasteiger partial charge in [0, 0.05) is 13.1 Å². The van der Waals surface area contributed by atoms with Gasteiger partial charge in [-0.2, -0.15) is 13.2 Å². The number of halogens is 3. The zero-order valence-electron chi connectivity index (χ0n) is 11.2. The maximum atomic E-state index is 12.9. The van der Waals surface area contributed by atoms with Crippen molar-refractivity contribution in [3.8, 4) is 0 Å². The summed E-state index contributed by atoms with van der Waals surface area (Å²) >= 11 is 0. The summed E-state index contributed by atoms with van der Waals surface area (Å²) in [5.74, 6) is -0.153. The van der Waals surface area contributed by atoms with Crippen molar-refractivity contribution in [2.24, 2.45) is 0 Å². The standard InChI is InChI=1S/C14H17F3N2O/c1-10-13(20)19(8-4-7-18-10)9-11-5-2-3-6-12(11)14(15,16)17/h2-3,5-6,10,18H,4,7-9H2,1H3. The number of nitrogens with one attached hydrogen (secondary N) is 1. The minimum absolute atomic E-state index is 0.000532. The molecule has 6 heteroatoms. The van der Waals surface area contributed by atoms with Gasteiger partial charge in [0.1, 0.15) is 0 Å². The Hall–Kier alpha value is -1.56. The molecule has 2 rings (SSSR count). The molecule has 1 heterocycles. The van der Waals surface area contributed by atoms with Gasteiger partial charge in [0.25, 0.3) is 0 Å². The summed E-state index contributed by atoms with van der Waals surface area (Å²) in [6.45, 7) is 2.91. The van der Waals surface area contributed by atoms with Gasteiger partial charge < -0.3 is 10.2 Å². The highest BCUT2D eigenvalue weighted by atomic mass is 19.4. The average Bonchev–Trinajstić information content (AvgIpc) is 2.54. The van der Waals surface area contributed by atoms with Crippen LogP contribution in [0, 0.1) is 0 Å². The fourth-order valence-corrected chi connectivity index (χ4v) is 2.36.